The third-order valence-corrected chi connectivity index (χ3v) is 0.536. The molecule has 0 rings (SSSR count). The molecular formula is C5H10ClNO. The second-order valence-corrected chi connectivity index (χ2v) is 1.10. The van der Waals surface area contributed by atoms with E-state index < -0.39 is 0 Å². The maximum atomic E-state index is 10.2. The summed E-state index contributed by atoms with van der Waals surface area (Å²) in [5, 5.41) is 2.54. The zero-order valence-electron chi connectivity index (χ0n) is 4.81. The van der Waals surface area contributed by atoms with Crippen molar-refractivity contribution in [3.8, 4) is 0 Å². The fourth-order valence-corrected chi connectivity index (χ4v) is 0.246. The van der Waals surface area contributed by atoms with E-state index in [9.17, 15) is 4.79 Å². The predicted octanol–water partition coefficient (Wildman–Crippen LogP) is 0.730. The van der Waals surface area contributed by atoms with Crippen molar-refractivity contribution < 1.29 is 4.79 Å². The molecule has 8 heavy (non-hydrogen) atoms. The molecule has 0 aromatic rings. The van der Waals surface area contributed by atoms with Gasteiger partial charge < -0.3 is 5.32 Å². The minimum Gasteiger partial charge on any atom is -0.353 e. The predicted molar refractivity (Wildman–Crippen MR) is 36.1 cm³/mol. The minimum absolute atomic E-state index is 0. The molecule has 0 radical (unpaired) electrons. The first-order chi connectivity index (χ1) is 3.31. The molecule has 0 unspecified atom stereocenters. The number of hydrogen-bond donors (Lipinski definition) is 1. The number of rotatable bonds is 2. The molecule has 0 saturated heterocycles. The standard InChI is InChI=1S/C5H9NO.ClH/c1-3-5(7)6-4-2;/h3H,1,4H2,2H3,(H,6,7);1H. The summed E-state index contributed by atoms with van der Waals surface area (Å²) >= 11 is 0. The molecule has 0 aliphatic rings. The first-order valence-corrected chi connectivity index (χ1v) is 2.21. The summed E-state index contributed by atoms with van der Waals surface area (Å²) in [5.74, 6) is -0.109. The lowest BCUT2D eigenvalue weighted by Crippen LogP contribution is -2.19. The molecule has 0 aromatic carbocycles. The molecule has 1 amide bonds. The Bertz CT molecular complexity index is 82.5. The lowest BCUT2D eigenvalue weighted by molar-refractivity contribution is -0.116. The van der Waals surface area contributed by atoms with Crippen LogP contribution in [0.3, 0.4) is 0 Å². The smallest absolute Gasteiger partial charge is 0.243 e. The van der Waals surface area contributed by atoms with Crippen molar-refractivity contribution in [3.63, 3.8) is 0 Å². The first-order valence-electron chi connectivity index (χ1n) is 2.21. The molecule has 1 N–H and O–H groups in total. The van der Waals surface area contributed by atoms with Crippen LogP contribution in [0.25, 0.3) is 0 Å². The van der Waals surface area contributed by atoms with Gasteiger partial charge in [-0.15, -0.1) is 12.4 Å². The largest absolute Gasteiger partial charge is 0.353 e. The monoisotopic (exact) mass is 135 g/mol. The summed E-state index contributed by atoms with van der Waals surface area (Å²) in [5.41, 5.74) is 0. The maximum absolute atomic E-state index is 10.2. The number of halogens is 1. The van der Waals surface area contributed by atoms with Crippen LogP contribution in [0.15, 0.2) is 12.7 Å². The van der Waals surface area contributed by atoms with Crippen LogP contribution in [0.5, 0.6) is 0 Å². The van der Waals surface area contributed by atoms with E-state index in [1.54, 1.807) is 0 Å². The third kappa shape index (κ3) is 5.50. The van der Waals surface area contributed by atoms with Gasteiger partial charge in [0.1, 0.15) is 0 Å². The number of carbonyl (C=O) groups is 1. The summed E-state index contributed by atoms with van der Waals surface area (Å²) in [6, 6.07) is 0. The average Bonchev–Trinajstić information content (AvgIpc) is 1.68. The molecule has 0 atom stereocenters. The highest BCUT2D eigenvalue weighted by Gasteiger charge is 1.83. The van der Waals surface area contributed by atoms with Crippen LogP contribution >= 0.6 is 12.4 Å². The molecule has 0 bridgehead atoms. The first kappa shape index (κ1) is 10.5. The van der Waals surface area contributed by atoms with E-state index in [4.69, 9.17) is 0 Å². The van der Waals surface area contributed by atoms with Crippen molar-refractivity contribution in [2.45, 2.75) is 6.92 Å². The van der Waals surface area contributed by atoms with Crippen molar-refractivity contribution in [1.82, 2.24) is 5.32 Å². The van der Waals surface area contributed by atoms with E-state index in [0.29, 0.717) is 6.54 Å². The summed E-state index contributed by atoms with van der Waals surface area (Å²) in [7, 11) is 0. The van der Waals surface area contributed by atoms with Gasteiger partial charge in [-0.05, 0) is 13.0 Å². The molecule has 0 saturated carbocycles. The normalized spacial score (nSPS) is 6.62. The van der Waals surface area contributed by atoms with Crippen LogP contribution in [0.1, 0.15) is 6.92 Å². The fraction of sp³-hybridized carbons (Fsp3) is 0.400. The Hall–Kier alpha value is -0.500. The highest BCUT2D eigenvalue weighted by Crippen LogP contribution is 1.61. The van der Waals surface area contributed by atoms with Crippen LogP contribution in [0.4, 0.5) is 0 Å². The third-order valence-electron chi connectivity index (χ3n) is 0.536. The van der Waals surface area contributed by atoms with Gasteiger partial charge in [-0.2, -0.15) is 0 Å². The molecule has 0 aliphatic carbocycles. The van der Waals surface area contributed by atoms with E-state index >= 15 is 0 Å². The van der Waals surface area contributed by atoms with Gasteiger partial charge in [0.15, 0.2) is 0 Å². The molecule has 0 spiro atoms. The summed E-state index contributed by atoms with van der Waals surface area (Å²) in [6.07, 6.45) is 1.25. The van der Waals surface area contributed by atoms with Crippen LogP contribution < -0.4 is 5.32 Å². The maximum Gasteiger partial charge on any atom is 0.243 e. The van der Waals surface area contributed by atoms with Gasteiger partial charge in [-0.3, -0.25) is 4.79 Å². The lowest BCUT2D eigenvalue weighted by Gasteiger charge is -1.90. The number of amides is 1. The molecule has 0 aromatic heterocycles. The molecule has 0 heterocycles. The minimum atomic E-state index is -0.109. The van der Waals surface area contributed by atoms with E-state index in [1.165, 1.54) is 6.08 Å². The van der Waals surface area contributed by atoms with Crippen molar-refractivity contribution in [1.29, 1.82) is 0 Å². The quantitative estimate of drug-likeness (QED) is 0.556. The van der Waals surface area contributed by atoms with Gasteiger partial charge >= 0.3 is 0 Å². The fourth-order valence-electron chi connectivity index (χ4n) is 0.246. The summed E-state index contributed by atoms with van der Waals surface area (Å²) in [4.78, 5) is 10.2. The average molecular weight is 136 g/mol. The van der Waals surface area contributed by atoms with E-state index in [0.717, 1.165) is 0 Å². The summed E-state index contributed by atoms with van der Waals surface area (Å²) < 4.78 is 0. The van der Waals surface area contributed by atoms with Crippen LogP contribution in [-0.4, -0.2) is 12.5 Å². The van der Waals surface area contributed by atoms with Crippen molar-refractivity contribution in [3.05, 3.63) is 12.7 Å². The number of carbonyl (C=O) groups excluding carboxylic acids is 1. The zero-order chi connectivity index (χ0) is 5.70. The Kier molecular flexibility index (Phi) is 8.51. The van der Waals surface area contributed by atoms with Crippen molar-refractivity contribution in [2.24, 2.45) is 0 Å². The summed E-state index contributed by atoms with van der Waals surface area (Å²) in [6.45, 7) is 5.80. The van der Waals surface area contributed by atoms with Crippen molar-refractivity contribution >= 4 is 18.3 Å². The van der Waals surface area contributed by atoms with Gasteiger partial charge in [0.2, 0.25) is 5.91 Å². The van der Waals surface area contributed by atoms with E-state index in [-0.39, 0.29) is 18.3 Å². The van der Waals surface area contributed by atoms with Gasteiger partial charge in [-0.1, -0.05) is 6.58 Å². The van der Waals surface area contributed by atoms with Gasteiger partial charge in [0, 0.05) is 6.54 Å². The molecule has 3 heteroatoms. The highest BCUT2D eigenvalue weighted by molar-refractivity contribution is 5.86. The van der Waals surface area contributed by atoms with Gasteiger partial charge in [0.05, 0.1) is 0 Å². The molecule has 48 valence electrons. The van der Waals surface area contributed by atoms with Crippen LogP contribution in [-0.2, 0) is 4.79 Å². The molecule has 0 aliphatic heterocycles. The van der Waals surface area contributed by atoms with E-state index in [1.807, 2.05) is 6.92 Å². The van der Waals surface area contributed by atoms with Crippen molar-refractivity contribution in [2.75, 3.05) is 6.54 Å². The SMILES string of the molecule is C=CC(=O)NCC.Cl. The van der Waals surface area contributed by atoms with E-state index in [2.05, 4.69) is 11.9 Å². The topological polar surface area (TPSA) is 29.1 Å². The van der Waals surface area contributed by atoms with Gasteiger partial charge in [0.25, 0.3) is 0 Å². The molecule has 0 fully saturated rings. The Balaban J connectivity index is 0. The Morgan fingerprint density at radius 2 is 2.38 bits per heavy atom. The number of hydrogen-bond acceptors (Lipinski definition) is 1. The highest BCUT2D eigenvalue weighted by atomic mass is 35.5. The Labute approximate surface area is 55.4 Å². The Morgan fingerprint density at radius 3 is 2.50 bits per heavy atom. The zero-order valence-corrected chi connectivity index (χ0v) is 5.62. The Morgan fingerprint density at radius 1 is 1.88 bits per heavy atom. The second-order valence-electron chi connectivity index (χ2n) is 1.10. The molecular weight excluding hydrogens is 126 g/mol. The number of likely N-dealkylation sites (N-methyl/N-ethyl adjacent to an activating group) is 1. The number of nitrogens with one attached hydrogen (secondary N) is 1. The van der Waals surface area contributed by atoms with Crippen LogP contribution in [0.2, 0.25) is 0 Å². The van der Waals surface area contributed by atoms with Crippen LogP contribution in [0, 0.1) is 0 Å². The lowest BCUT2D eigenvalue weighted by atomic mass is 10.6. The molecule has 2 nitrogen and oxygen atoms in total. The second kappa shape index (κ2) is 6.50. The van der Waals surface area contributed by atoms with Gasteiger partial charge in [-0.25, -0.2) is 0 Å².